The van der Waals surface area contributed by atoms with E-state index < -0.39 is 0 Å². The van der Waals surface area contributed by atoms with Crippen LogP contribution in [0.5, 0.6) is 0 Å². The fraction of sp³-hybridized carbons (Fsp3) is 0.103. The van der Waals surface area contributed by atoms with Crippen LogP contribution in [0.3, 0.4) is 0 Å². The average Bonchev–Trinajstić information content (AvgIpc) is 3.48. The van der Waals surface area contributed by atoms with Gasteiger partial charge in [0, 0.05) is 17.0 Å². The number of nitrogens with one attached hydrogen (secondary N) is 2. The Balaban J connectivity index is 1.47. The number of hydrogen-bond acceptors (Lipinski definition) is 2. The molecule has 0 radical (unpaired) electrons. The van der Waals surface area contributed by atoms with E-state index in [0.717, 1.165) is 51.6 Å². The summed E-state index contributed by atoms with van der Waals surface area (Å²) in [4.78, 5) is 7.65. The van der Waals surface area contributed by atoms with Crippen molar-refractivity contribution in [1.82, 2.24) is 20.2 Å². The van der Waals surface area contributed by atoms with Crippen LogP contribution in [0, 0.1) is 0 Å². The van der Waals surface area contributed by atoms with Gasteiger partial charge < -0.3 is 4.98 Å². The normalized spacial score (nSPS) is 12.5. The molecule has 0 saturated heterocycles. The maximum absolute atomic E-state index is 4.60. The molecule has 0 unspecified atom stereocenters. The predicted octanol–water partition coefficient (Wildman–Crippen LogP) is 7.25. The van der Waals surface area contributed by atoms with Crippen molar-refractivity contribution in [2.75, 3.05) is 0 Å². The SMILES string of the molecule is C=C/C(=C\C(=C/C)c1ccc2[nH]nc(-c3cc4ccncc4[nH]3)c2c1)CCc1ccccc1. The van der Waals surface area contributed by atoms with E-state index in [1.165, 1.54) is 16.7 Å². The number of hydrogen-bond donors (Lipinski definition) is 2. The molecule has 3 aromatic heterocycles. The lowest BCUT2D eigenvalue weighted by molar-refractivity contribution is 0.966. The number of fused-ring (bicyclic) bond motifs is 2. The number of aryl methyl sites for hydroxylation is 1. The van der Waals surface area contributed by atoms with Gasteiger partial charge in [0.25, 0.3) is 0 Å². The molecule has 0 saturated carbocycles. The maximum Gasteiger partial charge on any atom is 0.116 e. The smallest absolute Gasteiger partial charge is 0.116 e. The molecule has 0 aliphatic heterocycles. The van der Waals surface area contributed by atoms with Crippen LogP contribution in [0.2, 0.25) is 0 Å². The van der Waals surface area contributed by atoms with Crippen molar-refractivity contribution in [3.05, 3.63) is 115 Å². The Bertz CT molecular complexity index is 1450. The number of nitrogens with zero attached hydrogens (tertiary/aromatic N) is 2. The first-order valence-electron chi connectivity index (χ1n) is 11.2. The van der Waals surface area contributed by atoms with E-state index in [-0.39, 0.29) is 0 Å². The molecule has 3 heterocycles. The number of benzene rings is 2. The molecule has 5 rings (SSSR count). The third-order valence-electron chi connectivity index (χ3n) is 6.03. The van der Waals surface area contributed by atoms with E-state index in [0.29, 0.717) is 0 Å². The first-order chi connectivity index (χ1) is 16.2. The molecule has 0 spiro atoms. The summed E-state index contributed by atoms with van der Waals surface area (Å²) in [7, 11) is 0. The van der Waals surface area contributed by atoms with E-state index >= 15 is 0 Å². The monoisotopic (exact) mass is 430 g/mol. The van der Waals surface area contributed by atoms with Crippen LogP contribution in [0.1, 0.15) is 24.5 Å². The van der Waals surface area contributed by atoms with Crippen molar-refractivity contribution >= 4 is 27.4 Å². The van der Waals surface area contributed by atoms with Gasteiger partial charge in [-0.05, 0) is 66.3 Å². The lowest BCUT2D eigenvalue weighted by Crippen LogP contribution is -1.89. The van der Waals surface area contributed by atoms with Crippen LogP contribution in [-0.4, -0.2) is 20.2 Å². The van der Waals surface area contributed by atoms with Crippen LogP contribution in [-0.2, 0) is 6.42 Å². The highest BCUT2D eigenvalue weighted by atomic mass is 15.1. The largest absolute Gasteiger partial charge is 0.352 e. The van der Waals surface area contributed by atoms with E-state index in [1.807, 2.05) is 18.3 Å². The molecule has 0 amide bonds. The molecule has 4 nitrogen and oxygen atoms in total. The van der Waals surface area contributed by atoms with Crippen LogP contribution in [0.15, 0.2) is 103 Å². The molecule has 0 atom stereocenters. The number of pyridine rings is 1. The molecule has 162 valence electrons. The lowest BCUT2D eigenvalue weighted by atomic mass is 9.97. The molecule has 0 fully saturated rings. The molecular formula is C29H26N4. The third kappa shape index (κ3) is 4.28. The molecule has 0 aliphatic carbocycles. The summed E-state index contributed by atoms with van der Waals surface area (Å²) >= 11 is 0. The molecule has 5 aromatic rings. The molecule has 2 N–H and O–H groups in total. The predicted molar refractivity (Wildman–Crippen MR) is 138 cm³/mol. The number of aromatic nitrogens is 4. The van der Waals surface area contributed by atoms with E-state index in [4.69, 9.17) is 0 Å². The highest BCUT2D eigenvalue weighted by molar-refractivity contribution is 5.97. The Morgan fingerprint density at radius 3 is 2.70 bits per heavy atom. The fourth-order valence-corrected chi connectivity index (χ4v) is 4.20. The summed E-state index contributed by atoms with van der Waals surface area (Å²) in [5.41, 5.74) is 8.80. The van der Waals surface area contributed by atoms with Gasteiger partial charge in [-0.25, -0.2) is 0 Å². The highest BCUT2D eigenvalue weighted by Gasteiger charge is 2.12. The number of H-pyrrole nitrogens is 2. The standard InChI is InChI=1S/C29H26N4/c1-3-20(10-11-21-8-6-5-7-9-21)16-22(4-2)23-12-13-26-25(17-23)29(33-32-26)27-18-24-14-15-30-19-28(24)31-27/h3-9,12-19,31H,1,10-11H2,2H3,(H,32,33)/b20-16+,22-4+. The molecule has 0 aliphatic rings. The van der Waals surface area contributed by atoms with Crippen molar-refractivity contribution < 1.29 is 0 Å². The van der Waals surface area contributed by atoms with Crippen molar-refractivity contribution in [1.29, 1.82) is 0 Å². The Hall–Kier alpha value is -4.18. The minimum Gasteiger partial charge on any atom is -0.352 e. The van der Waals surface area contributed by atoms with Gasteiger partial charge >= 0.3 is 0 Å². The third-order valence-corrected chi connectivity index (χ3v) is 6.03. The zero-order valence-electron chi connectivity index (χ0n) is 18.7. The van der Waals surface area contributed by atoms with Crippen molar-refractivity contribution in [2.45, 2.75) is 19.8 Å². The molecule has 4 heteroatoms. The minimum absolute atomic E-state index is 0.913. The van der Waals surface area contributed by atoms with E-state index in [2.05, 4.69) is 100 Å². The van der Waals surface area contributed by atoms with Crippen LogP contribution in [0.4, 0.5) is 0 Å². The van der Waals surface area contributed by atoms with Crippen LogP contribution in [0.25, 0.3) is 38.8 Å². The van der Waals surface area contributed by atoms with Gasteiger partial charge in [0.2, 0.25) is 0 Å². The molecular weight excluding hydrogens is 404 g/mol. The first-order valence-corrected chi connectivity index (χ1v) is 11.2. The van der Waals surface area contributed by atoms with Gasteiger partial charge in [-0.3, -0.25) is 10.1 Å². The average molecular weight is 431 g/mol. The molecule has 2 aromatic carbocycles. The number of rotatable bonds is 7. The topological polar surface area (TPSA) is 57.4 Å². The van der Waals surface area contributed by atoms with Crippen molar-refractivity contribution in [3.63, 3.8) is 0 Å². The fourth-order valence-electron chi connectivity index (χ4n) is 4.20. The van der Waals surface area contributed by atoms with E-state index in [1.54, 1.807) is 6.20 Å². The summed E-state index contributed by atoms with van der Waals surface area (Å²) in [5, 5.41) is 9.98. The number of aromatic amines is 2. The Morgan fingerprint density at radius 1 is 1.03 bits per heavy atom. The Labute approximate surface area is 193 Å². The Kier molecular flexibility index (Phi) is 5.73. The molecule has 0 bridgehead atoms. The van der Waals surface area contributed by atoms with Gasteiger partial charge in [0.05, 0.1) is 22.9 Å². The van der Waals surface area contributed by atoms with Crippen LogP contribution < -0.4 is 0 Å². The van der Waals surface area contributed by atoms with Crippen molar-refractivity contribution in [2.24, 2.45) is 0 Å². The second kappa shape index (κ2) is 9.13. The zero-order chi connectivity index (χ0) is 22.6. The lowest BCUT2D eigenvalue weighted by Gasteiger charge is -2.07. The summed E-state index contributed by atoms with van der Waals surface area (Å²) in [6.07, 6.45) is 12.0. The zero-order valence-corrected chi connectivity index (χ0v) is 18.7. The summed E-state index contributed by atoms with van der Waals surface area (Å²) in [6, 6.07) is 21.2. The maximum atomic E-state index is 4.60. The summed E-state index contributed by atoms with van der Waals surface area (Å²) in [6.45, 7) is 6.13. The number of allylic oxidation sites excluding steroid dienone is 5. The van der Waals surface area contributed by atoms with Gasteiger partial charge in [0.15, 0.2) is 0 Å². The minimum atomic E-state index is 0.913. The van der Waals surface area contributed by atoms with Gasteiger partial charge in [-0.1, -0.05) is 61.2 Å². The van der Waals surface area contributed by atoms with Gasteiger partial charge in [-0.15, -0.1) is 0 Å². The van der Waals surface area contributed by atoms with Gasteiger partial charge in [0.1, 0.15) is 5.69 Å². The molecule has 33 heavy (non-hydrogen) atoms. The quantitative estimate of drug-likeness (QED) is 0.267. The Morgan fingerprint density at radius 2 is 1.91 bits per heavy atom. The van der Waals surface area contributed by atoms with Crippen LogP contribution >= 0.6 is 0 Å². The second-order valence-corrected chi connectivity index (χ2v) is 8.13. The van der Waals surface area contributed by atoms with E-state index in [9.17, 15) is 0 Å². The highest BCUT2D eigenvalue weighted by Crippen LogP contribution is 2.31. The van der Waals surface area contributed by atoms with Crippen molar-refractivity contribution in [3.8, 4) is 11.4 Å². The van der Waals surface area contributed by atoms with Gasteiger partial charge in [-0.2, -0.15) is 5.10 Å². The summed E-state index contributed by atoms with van der Waals surface area (Å²) < 4.78 is 0. The second-order valence-electron chi connectivity index (χ2n) is 8.13. The summed E-state index contributed by atoms with van der Waals surface area (Å²) in [5.74, 6) is 0. The first kappa shape index (κ1) is 20.7.